The summed E-state index contributed by atoms with van der Waals surface area (Å²) in [5, 5.41) is 14.1. The van der Waals surface area contributed by atoms with E-state index in [9.17, 15) is 10.1 Å². The van der Waals surface area contributed by atoms with E-state index in [4.69, 9.17) is 11.6 Å². The quantitative estimate of drug-likeness (QED) is 0.483. The Balaban J connectivity index is 0.00000180. The Hall–Kier alpha value is -1.09. The van der Waals surface area contributed by atoms with Crippen molar-refractivity contribution in [2.75, 3.05) is 20.1 Å². The van der Waals surface area contributed by atoms with Crippen molar-refractivity contribution in [2.24, 2.45) is 4.99 Å². The van der Waals surface area contributed by atoms with E-state index in [2.05, 4.69) is 10.3 Å². The minimum atomic E-state index is -0.460. The van der Waals surface area contributed by atoms with Crippen LogP contribution >= 0.6 is 35.6 Å². The van der Waals surface area contributed by atoms with Crippen LogP contribution in [-0.2, 0) is 6.54 Å². The molecule has 0 saturated carbocycles. The van der Waals surface area contributed by atoms with Crippen LogP contribution in [0.2, 0.25) is 5.02 Å². The first kappa shape index (κ1) is 16.0. The molecule has 0 spiro atoms. The highest BCUT2D eigenvalue weighted by atomic mass is 127. The van der Waals surface area contributed by atoms with Gasteiger partial charge in [-0.05, 0) is 11.6 Å². The van der Waals surface area contributed by atoms with Gasteiger partial charge >= 0.3 is 0 Å². The molecule has 0 atom stereocenters. The van der Waals surface area contributed by atoms with Crippen LogP contribution in [0.3, 0.4) is 0 Å². The molecular formula is C11H14ClIN4O2. The van der Waals surface area contributed by atoms with Gasteiger partial charge in [0.15, 0.2) is 5.96 Å². The molecule has 0 unspecified atom stereocenters. The summed E-state index contributed by atoms with van der Waals surface area (Å²) in [6.45, 7) is 2.18. The van der Waals surface area contributed by atoms with E-state index in [-0.39, 0.29) is 29.7 Å². The Morgan fingerprint density at radius 3 is 2.84 bits per heavy atom. The monoisotopic (exact) mass is 396 g/mol. The predicted octanol–water partition coefficient (Wildman–Crippen LogP) is 2.26. The molecule has 0 fully saturated rings. The molecule has 0 aliphatic carbocycles. The SMILES string of the molecule is CN1CCN=C1NCc1ccc([N+](=O)[O-])cc1Cl.I. The second-order valence-corrected chi connectivity index (χ2v) is 4.42. The number of benzene rings is 1. The van der Waals surface area contributed by atoms with Gasteiger partial charge in [0.25, 0.3) is 5.69 Å². The molecule has 0 saturated heterocycles. The summed E-state index contributed by atoms with van der Waals surface area (Å²) in [4.78, 5) is 16.4. The fraction of sp³-hybridized carbons (Fsp3) is 0.364. The molecule has 6 nitrogen and oxygen atoms in total. The summed E-state index contributed by atoms with van der Waals surface area (Å²) in [5.74, 6) is 0.824. The van der Waals surface area contributed by atoms with Crippen molar-refractivity contribution >= 4 is 47.2 Å². The van der Waals surface area contributed by atoms with Gasteiger partial charge in [-0.15, -0.1) is 24.0 Å². The molecule has 0 radical (unpaired) electrons. The lowest BCUT2D eigenvalue weighted by atomic mass is 10.2. The fourth-order valence-electron chi connectivity index (χ4n) is 1.69. The Bertz CT molecular complexity index is 509. The first-order chi connectivity index (χ1) is 8.58. The number of guanidine groups is 1. The molecule has 19 heavy (non-hydrogen) atoms. The lowest BCUT2D eigenvalue weighted by Crippen LogP contribution is -2.35. The lowest BCUT2D eigenvalue weighted by molar-refractivity contribution is -0.384. The second-order valence-electron chi connectivity index (χ2n) is 4.01. The Labute approximate surface area is 133 Å². The van der Waals surface area contributed by atoms with E-state index in [1.807, 2.05) is 11.9 Å². The molecule has 1 aliphatic rings. The minimum Gasteiger partial charge on any atom is -0.352 e. The van der Waals surface area contributed by atoms with E-state index in [1.54, 1.807) is 6.07 Å². The van der Waals surface area contributed by atoms with E-state index >= 15 is 0 Å². The normalized spacial score (nSPS) is 13.8. The van der Waals surface area contributed by atoms with Gasteiger partial charge in [-0.3, -0.25) is 15.1 Å². The van der Waals surface area contributed by atoms with Gasteiger partial charge in [-0.2, -0.15) is 0 Å². The van der Waals surface area contributed by atoms with E-state index in [0.717, 1.165) is 24.6 Å². The third-order valence-electron chi connectivity index (χ3n) is 2.74. The third-order valence-corrected chi connectivity index (χ3v) is 3.09. The average Bonchev–Trinajstić information content (AvgIpc) is 2.73. The molecule has 1 aromatic rings. The molecule has 1 aromatic carbocycles. The predicted molar refractivity (Wildman–Crippen MR) is 85.3 cm³/mol. The van der Waals surface area contributed by atoms with Gasteiger partial charge in [0.05, 0.1) is 16.5 Å². The van der Waals surface area contributed by atoms with E-state index in [0.29, 0.717) is 11.6 Å². The maximum atomic E-state index is 10.6. The van der Waals surface area contributed by atoms with Crippen molar-refractivity contribution in [3.05, 3.63) is 38.9 Å². The van der Waals surface area contributed by atoms with Crippen LogP contribution in [0.4, 0.5) is 5.69 Å². The summed E-state index contributed by atoms with van der Waals surface area (Å²) < 4.78 is 0. The maximum absolute atomic E-state index is 10.6. The van der Waals surface area contributed by atoms with Crippen molar-refractivity contribution in [3.8, 4) is 0 Å². The van der Waals surface area contributed by atoms with E-state index < -0.39 is 4.92 Å². The summed E-state index contributed by atoms with van der Waals surface area (Å²) in [6, 6.07) is 4.46. The van der Waals surface area contributed by atoms with Gasteiger partial charge in [0.1, 0.15) is 0 Å². The van der Waals surface area contributed by atoms with Crippen LogP contribution < -0.4 is 5.32 Å². The fourth-order valence-corrected chi connectivity index (χ4v) is 1.93. The highest BCUT2D eigenvalue weighted by Crippen LogP contribution is 2.22. The molecule has 104 valence electrons. The number of non-ortho nitro benzene ring substituents is 1. The van der Waals surface area contributed by atoms with Crippen LogP contribution in [0, 0.1) is 10.1 Å². The van der Waals surface area contributed by atoms with Crippen LogP contribution in [0.1, 0.15) is 5.56 Å². The molecular weight excluding hydrogens is 383 g/mol. The highest BCUT2D eigenvalue weighted by molar-refractivity contribution is 14.0. The van der Waals surface area contributed by atoms with Crippen molar-refractivity contribution in [3.63, 3.8) is 0 Å². The van der Waals surface area contributed by atoms with Crippen molar-refractivity contribution in [1.29, 1.82) is 0 Å². The van der Waals surface area contributed by atoms with Gasteiger partial charge in [0, 0.05) is 32.3 Å². The number of hydrogen-bond acceptors (Lipinski definition) is 5. The molecule has 2 rings (SSSR count). The zero-order valence-electron chi connectivity index (χ0n) is 10.3. The van der Waals surface area contributed by atoms with Gasteiger partial charge < -0.3 is 10.2 Å². The van der Waals surface area contributed by atoms with Gasteiger partial charge in [0.2, 0.25) is 0 Å². The number of likely N-dealkylation sites (N-methyl/N-ethyl adjacent to an activating group) is 1. The zero-order chi connectivity index (χ0) is 13.1. The largest absolute Gasteiger partial charge is 0.352 e. The molecule has 1 N–H and O–H groups in total. The highest BCUT2D eigenvalue weighted by Gasteiger charge is 2.13. The van der Waals surface area contributed by atoms with Crippen molar-refractivity contribution in [1.82, 2.24) is 10.2 Å². The van der Waals surface area contributed by atoms with Crippen LogP contribution in [-0.4, -0.2) is 35.9 Å². The minimum absolute atomic E-state index is 0. The van der Waals surface area contributed by atoms with Gasteiger partial charge in [-0.1, -0.05) is 11.6 Å². The number of rotatable bonds is 3. The number of nitro benzene ring substituents is 1. The Morgan fingerprint density at radius 2 is 2.32 bits per heavy atom. The number of nitrogens with one attached hydrogen (secondary N) is 1. The Kier molecular flexibility index (Phi) is 5.80. The number of hydrogen-bond donors (Lipinski definition) is 1. The average molecular weight is 397 g/mol. The summed E-state index contributed by atoms with van der Waals surface area (Å²) in [7, 11) is 1.95. The third kappa shape index (κ3) is 3.93. The number of aliphatic imine (C=N–C) groups is 1. The Morgan fingerprint density at radius 1 is 1.58 bits per heavy atom. The van der Waals surface area contributed by atoms with Crippen LogP contribution in [0.15, 0.2) is 23.2 Å². The molecule has 1 heterocycles. The number of nitrogens with zero attached hydrogens (tertiary/aromatic N) is 3. The van der Waals surface area contributed by atoms with Crippen molar-refractivity contribution < 1.29 is 4.92 Å². The number of nitro groups is 1. The number of halogens is 2. The van der Waals surface area contributed by atoms with Gasteiger partial charge in [-0.25, -0.2) is 0 Å². The molecule has 1 aliphatic heterocycles. The van der Waals surface area contributed by atoms with Crippen LogP contribution in [0.25, 0.3) is 0 Å². The molecule has 0 amide bonds. The first-order valence-corrected chi connectivity index (χ1v) is 5.88. The van der Waals surface area contributed by atoms with Crippen molar-refractivity contribution in [2.45, 2.75) is 6.54 Å². The second kappa shape index (κ2) is 6.90. The smallest absolute Gasteiger partial charge is 0.270 e. The standard InChI is InChI=1S/C11H13ClN4O2.HI/c1-15-5-4-13-11(15)14-7-8-2-3-9(16(17)18)6-10(8)12;/h2-3,6H,4-5,7H2,1H3,(H,13,14);1H. The molecule has 0 aromatic heterocycles. The summed E-state index contributed by atoms with van der Waals surface area (Å²) in [5.41, 5.74) is 0.810. The lowest BCUT2D eigenvalue weighted by Gasteiger charge is -2.15. The maximum Gasteiger partial charge on any atom is 0.270 e. The summed E-state index contributed by atoms with van der Waals surface area (Å²) >= 11 is 6.00. The molecule has 8 heteroatoms. The summed E-state index contributed by atoms with van der Waals surface area (Å²) in [6.07, 6.45) is 0. The topological polar surface area (TPSA) is 70.8 Å². The van der Waals surface area contributed by atoms with Crippen LogP contribution in [0.5, 0.6) is 0 Å². The zero-order valence-corrected chi connectivity index (χ0v) is 13.4. The molecule has 0 bridgehead atoms. The van der Waals surface area contributed by atoms with E-state index in [1.165, 1.54) is 12.1 Å². The first-order valence-electron chi connectivity index (χ1n) is 5.50.